The van der Waals surface area contributed by atoms with Gasteiger partial charge in [-0.3, -0.25) is 5.32 Å². The van der Waals surface area contributed by atoms with Gasteiger partial charge in [0.25, 0.3) is 0 Å². The highest BCUT2D eigenvalue weighted by molar-refractivity contribution is 7.16. The summed E-state index contributed by atoms with van der Waals surface area (Å²) in [5, 5.41) is 12.1. The van der Waals surface area contributed by atoms with Crippen LogP contribution in [0.25, 0.3) is 0 Å². The Balaban J connectivity index is 2.18. The Kier molecular flexibility index (Phi) is 5.05. The summed E-state index contributed by atoms with van der Waals surface area (Å²) in [6.45, 7) is 5.25. The summed E-state index contributed by atoms with van der Waals surface area (Å²) >= 11 is 1.24. The maximum Gasteiger partial charge on any atom is 0.412 e. The van der Waals surface area contributed by atoms with Gasteiger partial charge < -0.3 is 9.84 Å². The molecule has 0 aliphatic carbocycles. The van der Waals surface area contributed by atoms with E-state index in [1.807, 2.05) is 30.3 Å². The molecule has 0 fully saturated rings. The fourth-order valence-electron chi connectivity index (χ4n) is 1.97. The minimum absolute atomic E-state index is 0.0757. The molecule has 0 saturated carbocycles. The van der Waals surface area contributed by atoms with Gasteiger partial charge in [-0.1, -0.05) is 30.3 Å². The zero-order valence-electron chi connectivity index (χ0n) is 13.3. The summed E-state index contributed by atoms with van der Waals surface area (Å²) in [5.41, 5.74) is 0.513. The molecule has 0 aliphatic heterocycles. The second-order valence-corrected chi connectivity index (χ2v) is 7.19. The predicted octanol–water partition coefficient (Wildman–Crippen LogP) is 4.38. The van der Waals surface area contributed by atoms with Crippen LogP contribution in [0, 0.1) is 0 Å². The predicted molar refractivity (Wildman–Crippen MR) is 90.4 cm³/mol. The third-order valence-corrected chi connectivity index (χ3v) is 3.90. The number of rotatable bonds is 4. The van der Waals surface area contributed by atoms with Crippen LogP contribution in [0.4, 0.5) is 9.80 Å². The number of carbonyl (C=O) groups is 2. The van der Waals surface area contributed by atoms with Gasteiger partial charge >= 0.3 is 12.1 Å². The highest BCUT2D eigenvalue weighted by Gasteiger charge is 2.21. The molecule has 1 aromatic carbocycles. The lowest BCUT2D eigenvalue weighted by Crippen LogP contribution is -2.27. The lowest BCUT2D eigenvalue weighted by molar-refractivity contribution is 0.0636. The Hall–Kier alpha value is -2.34. The average Bonchev–Trinajstić information content (AvgIpc) is 2.80. The fourth-order valence-corrected chi connectivity index (χ4v) is 3.04. The van der Waals surface area contributed by atoms with Gasteiger partial charge in [-0.25, -0.2) is 9.59 Å². The molecule has 0 atom stereocenters. The van der Waals surface area contributed by atoms with E-state index in [4.69, 9.17) is 4.74 Å². The lowest BCUT2D eigenvalue weighted by Gasteiger charge is -2.19. The van der Waals surface area contributed by atoms with E-state index in [2.05, 4.69) is 5.32 Å². The summed E-state index contributed by atoms with van der Waals surface area (Å²) < 4.78 is 5.17. The Bertz CT molecular complexity index is 701. The van der Waals surface area contributed by atoms with Crippen LogP contribution in [0.1, 0.15) is 41.6 Å². The molecule has 0 saturated heterocycles. The number of hydrogen-bond acceptors (Lipinski definition) is 4. The molecule has 0 bridgehead atoms. The van der Waals surface area contributed by atoms with Gasteiger partial charge in [0.2, 0.25) is 0 Å². The number of nitrogens with one attached hydrogen (secondary N) is 1. The molecular weight excluding hydrogens is 314 g/mol. The zero-order chi connectivity index (χ0) is 17.0. The van der Waals surface area contributed by atoms with Gasteiger partial charge in [0, 0.05) is 11.3 Å². The molecule has 6 heteroatoms. The molecule has 5 nitrogen and oxygen atoms in total. The first-order valence-corrected chi connectivity index (χ1v) is 7.96. The minimum Gasteiger partial charge on any atom is -0.478 e. The number of carbonyl (C=O) groups excluding carboxylic acids is 1. The molecule has 1 heterocycles. The SMILES string of the molecule is CC(C)(C)OC(=O)Nc1sc(Cc2ccccc2)cc1C(=O)O. The number of hydrogen-bond donors (Lipinski definition) is 2. The third kappa shape index (κ3) is 5.10. The van der Waals surface area contributed by atoms with Crippen LogP contribution in [-0.4, -0.2) is 22.8 Å². The molecule has 0 radical (unpaired) electrons. The third-order valence-electron chi connectivity index (χ3n) is 2.85. The molecule has 0 aliphatic rings. The number of amides is 1. The Morgan fingerprint density at radius 2 is 1.87 bits per heavy atom. The number of benzene rings is 1. The molecule has 1 aromatic heterocycles. The first-order valence-electron chi connectivity index (χ1n) is 7.14. The minimum atomic E-state index is -1.08. The van der Waals surface area contributed by atoms with Crippen LogP contribution in [0.3, 0.4) is 0 Å². The molecule has 0 unspecified atom stereocenters. The molecule has 122 valence electrons. The normalized spacial score (nSPS) is 11.1. The van der Waals surface area contributed by atoms with Gasteiger partial charge in [-0.05, 0) is 32.4 Å². The number of anilines is 1. The lowest BCUT2D eigenvalue weighted by atomic mass is 10.1. The zero-order valence-corrected chi connectivity index (χ0v) is 14.1. The van der Waals surface area contributed by atoms with Crippen molar-refractivity contribution >= 4 is 28.4 Å². The maximum absolute atomic E-state index is 11.9. The first-order chi connectivity index (χ1) is 10.7. The van der Waals surface area contributed by atoms with E-state index in [-0.39, 0.29) is 10.6 Å². The largest absolute Gasteiger partial charge is 0.478 e. The van der Waals surface area contributed by atoms with Crippen molar-refractivity contribution in [1.29, 1.82) is 0 Å². The summed E-state index contributed by atoms with van der Waals surface area (Å²) in [6.07, 6.45) is -0.0463. The van der Waals surface area contributed by atoms with E-state index in [0.29, 0.717) is 6.42 Å². The van der Waals surface area contributed by atoms with Crippen LogP contribution in [0.15, 0.2) is 36.4 Å². The van der Waals surface area contributed by atoms with Crippen LogP contribution in [0.2, 0.25) is 0 Å². The molecule has 2 aromatic rings. The van der Waals surface area contributed by atoms with E-state index in [1.165, 1.54) is 11.3 Å². The average molecular weight is 333 g/mol. The molecule has 2 rings (SSSR count). The molecule has 0 spiro atoms. The Morgan fingerprint density at radius 3 is 2.43 bits per heavy atom. The van der Waals surface area contributed by atoms with Gasteiger partial charge in [-0.15, -0.1) is 11.3 Å². The summed E-state index contributed by atoms with van der Waals surface area (Å²) in [4.78, 5) is 24.1. The van der Waals surface area contributed by atoms with E-state index in [0.717, 1.165) is 10.4 Å². The number of ether oxygens (including phenoxy) is 1. The van der Waals surface area contributed by atoms with Crippen molar-refractivity contribution in [1.82, 2.24) is 0 Å². The number of aromatic carboxylic acids is 1. The molecule has 2 N–H and O–H groups in total. The smallest absolute Gasteiger partial charge is 0.412 e. The number of carboxylic acids is 1. The standard InChI is InChI=1S/C17H19NO4S/c1-17(2,3)22-16(21)18-14-13(15(19)20)10-12(23-14)9-11-7-5-4-6-8-11/h4-8,10H,9H2,1-3H3,(H,18,21)(H,19,20). The second-order valence-electron chi connectivity index (χ2n) is 6.05. The van der Waals surface area contributed by atoms with E-state index in [1.54, 1.807) is 26.8 Å². The van der Waals surface area contributed by atoms with Gasteiger partial charge in [0.05, 0.1) is 5.56 Å². The maximum atomic E-state index is 11.9. The Morgan fingerprint density at radius 1 is 1.22 bits per heavy atom. The number of carboxylic acid groups (broad SMARTS) is 1. The summed E-state index contributed by atoms with van der Waals surface area (Å²) in [6, 6.07) is 11.3. The van der Waals surface area contributed by atoms with Crippen LogP contribution in [0.5, 0.6) is 0 Å². The van der Waals surface area contributed by atoms with Gasteiger partial charge in [-0.2, -0.15) is 0 Å². The van der Waals surface area contributed by atoms with Crippen molar-refractivity contribution in [3.63, 3.8) is 0 Å². The van der Waals surface area contributed by atoms with Crippen molar-refractivity contribution in [3.8, 4) is 0 Å². The van der Waals surface area contributed by atoms with Crippen molar-refractivity contribution in [3.05, 3.63) is 52.4 Å². The molecule has 23 heavy (non-hydrogen) atoms. The molecule has 1 amide bonds. The van der Waals surface area contributed by atoms with Crippen molar-refractivity contribution in [2.75, 3.05) is 5.32 Å². The second kappa shape index (κ2) is 6.83. The summed E-state index contributed by atoms with van der Waals surface area (Å²) in [5.74, 6) is -1.08. The van der Waals surface area contributed by atoms with E-state index in [9.17, 15) is 14.7 Å². The molecular formula is C17H19NO4S. The van der Waals surface area contributed by atoms with Crippen molar-refractivity contribution < 1.29 is 19.4 Å². The van der Waals surface area contributed by atoms with E-state index < -0.39 is 17.7 Å². The highest BCUT2D eigenvalue weighted by atomic mass is 32.1. The van der Waals surface area contributed by atoms with Gasteiger partial charge in [0.15, 0.2) is 0 Å². The monoisotopic (exact) mass is 333 g/mol. The van der Waals surface area contributed by atoms with Crippen LogP contribution >= 0.6 is 11.3 Å². The van der Waals surface area contributed by atoms with E-state index >= 15 is 0 Å². The first kappa shape index (κ1) is 17.0. The fraction of sp³-hybridized carbons (Fsp3) is 0.294. The number of thiophene rings is 1. The highest BCUT2D eigenvalue weighted by Crippen LogP contribution is 2.30. The Labute approximate surface area is 138 Å². The quantitative estimate of drug-likeness (QED) is 0.870. The summed E-state index contributed by atoms with van der Waals surface area (Å²) in [7, 11) is 0. The van der Waals surface area contributed by atoms with Gasteiger partial charge in [0.1, 0.15) is 10.6 Å². The van der Waals surface area contributed by atoms with Crippen LogP contribution < -0.4 is 5.32 Å². The van der Waals surface area contributed by atoms with Crippen molar-refractivity contribution in [2.24, 2.45) is 0 Å². The van der Waals surface area contributed by atoms with Crippen molar-refractivity contribution in [2.45, 2.75) is 32.8 Å². The van der Waals surface area contributed by atoms with Crippen LogP contribution in [-0.2, 0) is 11.2 Å². The topological polar surface area (TPSA) is 75.6 Å².